The van der Waals surface area contributed by atoms with Crippen molar-refractivity contribution in [1.29, 1.82) is 0 Å². The molecule has 96 valence electrons. The number of rotatable bonds is 6. The molecule has 0 aliphatic heterocycles. The quantitative estimate of drug-likeness (QED) is 0.843. The van der Waals surface area contributed by atoms with E-state index >= 15 is 0 Å². The highest BCUT2D eigenvalue weighted by Gasteiger charge is 2.17. The SMILES string of the molecule is CNC(CSC1CCCC1)Cc1cnn(C)c1. The van der Waals surface area contributed by atoms with Crippen LogP contribution < -0.4 is 5.32 Å². The van der Waals surface area contributed by atoms with Crippen molar-refractivity contribution < 1.29 is 0 Å². The summed E-state index contributed by atoms with van der Waals surface area (Å²) in [5, 5.41) is 8.57. The molecule has 0 bridgehead atoms. The Hall–Kier alpha value is -0.480. The highest BCUT2D eigenvalue weighted by molar-refractivity contribution is 7.99. The van der Waals surface area contributed by atoms with Crippen LogP contribution in [0.25, 0.3) is 0 Å². The van der Waals surface area contributed by atoms with Crippen molar-refractivity contribution in [2.45, 2.75) is 43.4 Å². The van der Waals surface area contributed by atoms with Crippen LogP contribution in [-0.2, 0) is 13.5 Å². The number of nitrogens with one attached hydrogen (secondary N) is 1. The van der Waals surface area contributed by atoms with Gasteiger partial charge in [0.15, 0.2) is 0 Å². The molecular weight excluding hydrogens is 230 g/mol. The first kappa shape index (κ1) is 13.0. The van der Waals surface area contributed by atoms with Gasteiger partial charge in [-0.25, -0.2) is 0 Å². The highest BCUT2D eigenvalue weighted by atomic mass is 32.2. The Labute approximate surface area is 108 Å². The van der Waals surface area contributed by atoms with Gasteiger partial charge in [-0.2, -0.15) is 16.9 Å². The second-order valence-corrected chi connectivity index (χ2v) is 6.29. The molecule has 1 unspecified atom stereocenters. The topological polar surface area (TPSA) is 29.9 Å². The van der Waals surface area contributed by atoms with E-state index in [-0.39, 0.29) is 0 Å². The normalized spacial score (nSPS) is 18.7. The number of thioether (sulfide) groups is 1. The van der Waals surface area contributed by atoms with E-state index in [9.17, 15) is 0 Å². The van der Waals surface area contributed by atoms with Crippen molar-refractivity contribution in [2.75, 3.05) is 12.8 Å². The van der Waals surface area contributed by atoms with Gasteiger partial charge < -0.3 is 5.32 Å². The van der Waals surface area contributed by atoms with Crippen molar-refractivity contribution in [3.8, 4) is 0 Å². The lowest BCUT2D eigenvalue weighted by molar-refractivity contribution is 0.615. The van der Waals surface area contributed by atoms with Crippen LogP contribution in [-0.4, -0.2) is 33.9 Å². The summed E-state index contributed by atoms with van der Waals surface area (Å²) in [5.41, 5.74) is 1.33. The molecule has 1 atom stereocenters. The zero-order valence-corrected chi connectivity index (χ0v) is 11.7. The van der Waals surface area contributed by atoms with Gasteiger partial charge in [0.2, 0.25) is 0 Å². The van der Waals surface area contributed by atoms with Gasteiger partial charge >= 0.3 is 0 Å². The molecule has 1 aromatic heterocycles. The second kappa shape index (κ2) is 6.45. The lowest BCUT2D eigenvalue weighted by Gasteiger charge is -2.17. The largest absolute Gasteiger partial charge is 0.316 e. The van der Waals surface area contributed by atoms with Gasteiger partial charge in [0.25, 0.3) is 0 Å². The van der Waals surface area contributed by atoms with Crippen LogP contribution in [0, 0.1) is 0 Å². The smallest absolute Gasteiger partial charge is 0.0522 e. The molecule has 1 saturated carbocycles. The van der Waals surface area contributed by atoms with Crippen molar-refractivity contribution in [3.63, 3.8) is 0 Å². The molecule has 1 N–H and O–H groups in total. The average molecular weight is 253 g/mol. The minimum absolute atomic E-state index is 0.574. The van der Waals surface area contributed by atoms with Crippen LogP contribution in [0.2, 0.25) is 0 Å². The Morgan fingerprint density at radius 2 is 2.29 bits per heavy atom. The molecular formula is C13H23N3S. The molecule has 4 heteroatoms. The Balaban J connectivity index is 1.75. The minimum Gasteiger partial charge on any atom is -0.316 e. The Kier molecular flexibility index (Phi) is 4.92. The molecule has 3 nitrogen and oxygen atoms in total. The summed E-state index contributed by atoms with van der Waals surface area (Å²) in [7, 11) is 4.04. The van der Waals surface area contributed by atoms with Crippen LogP contribution in [0.5, 0.6) is 0 Å². The molecule has 1 aliphatic carbocycles. The van der Waals surface area contributed by atoms with Gasteiger partial charge in [0.05, 0.1) is 6.20 Å². The molecule has 0 radical (unpaired) electrons. The van der Waals surface area contributed by atoms with Gasteiger partial charge in [-0.3, -0.25) is 4.68 Å². The van der Waals surface area contributed by atoms with E-state index in [4.69, 9.17) is 0 Å². The van der Waals surface area contributed by atoms with Gasteiger partial charge in [0, 0.05) is 30.3 Å². The second-order valence-electron chi connectivity index (χ2n) is 4.95. The molecule has 1 fully saturated rings. The van der Waals surface area contributed by atoms with E-state index in [0.717, 1.165) is 11.7 Å². The summed E-state index contributed by atoms with van der Waals surface area (Å²) >= 11 is 2.15. The zero-order valence-electron chi connectivity index (χ0n) is 10.9. The standard InChI is InChI=1S/C13H23N3S/c1-14-12(7-11-8-15-16(2)9-11)10-17-13-5-3-4-6-13/h8-9,12-14H,3-7,10H2,1-2H3. The van der Waals surface area contributed by atoms with E-state index in [1.165, 1.54) is 37.0 Å². The molecule has 0 aromatic carbocycles. The fourth-order valence-electron chi connectivity index (χ4n) is 2.41. The van der Waals surface area contributed by atoms with Crippen LogP contribution in [0.1, 0.15) is 31.2 Å². The molecule has 1 heterocycles. The number of hydrogen-bond donors (Lipinski definition) is 1. The Morgan fingerprint density at radius 3 is 2.88 bits per heavy atom. The van der Waals surface area contributed by atoms with Crippen molar-refractivity contribution in [3.05, 3.63) is 18.0 Å². The first-order chi connectivity index (χ1) is 8.28. The number of hydrogen-bond acceptors (Lipinski definition) is 3. The molecule has 1 aromatic rings. The maximum Gasteiger partial charge on any atom is 0.0522 e. The third kappa shape index (κ3) is 4.03. The monoisotopic (exact) mass is 253 g/mol. The fourth-order valence-corrected chi connectivity index (χ4v) is 3.87. The maximum absolute atomic E-state index is 4.22. The predicted octanol–water partition coefficient (Wildman–Crippen LogP) is 2.23. The molecule has 17 heavy (non-hydrogen) atoms. The van der Waals surface area contributed by atoms with E-state index in [1.54, 1.807) is 0 Å². The van der Waals surface area contributed by atoms with E-state index in [1.807, 2.05) is 17.9 Å². The minimum atomic E-state index is 0.574. The zero-order chi connectivity index (χ0) is 12.1. The van der Waals surface area contributed by atoms with Gasteiger partial charge in [-0.15, -0.1) is 0 Å². The van der Waals surface area contributed by atoms with Gasteiger partial charge in [0.1, 0.15) is 0 Å². The van der Waals surface area contributed by atoms with Crippen molar-refractivity contribution >= 4 is 11.8 Å². The van der Waals surface area contributed by atoms with Gasteiger partial charge in [-0.05, 0) is 31.9 Å². The van der Waals surface area contributed by atoms with Crippen molar-refractivity contribution in [2.24, 2.45) is 7.05 Å². The maximum atomic E-state index is 4.22. The third-order valence-electron chi connectivity index (χ3n) is 3.48. The summed E-state index contributed by atoms with van der Waals surface area (Å²) < 4.78 is 1.88. The van der Waals surface area contributed by atoms with E-state index in [2.05, 4.69) is 35.4 Å². The summed E-state index contributed by atoms with van der Waals surface area (Å²) in [6.07, 6.45) is 10.9. The lowest BCUT2D eigenvalue weighted by Crippen LogP contribution is -2.30. The Morgan fingerprint density at radius 1 is 1.53 bits per heavy atom. The molecule has 0 saturated heterocycles. The number of nitrogens with zero attached hydrogens (tertiary/aromatic N) is 2. The number of likely N-dealkylation sites (N-methyl/N-ethyl adjacent to an activating group) is 1. The number of aryl methyl sites for hydroxylation is 1. The van der Waals surface area contributed by atoms with Gasteiger partial charge in [-0.1, -0.05) is 12.8 Å². The van der Waals surface area contributed by atoms with Crippen LogP contribution in [0.3, 0.4) is 0 Å². The van der Waals surface area contributed by atoms with E-state index in [0.29, 0.717) is 6.04 Å². The van der Waals surface area contributed by atoms with Crippen LogP contribution >= 0.6 is 11.8 Å². The van der Waals surface area contributed by atoms with Crippen LogP contribution in [0.15, 0.2) is 12.4 Å². The lowest BCUT2D eigenvalue weighted by atomic mass is 10.1. The molecule has 1 aliphatic rings. The first-order valence-corrected chi connectivity index (χ1v) is 7.59. The van der Waals surface area contributed by atoms with Crippen molar-refractivity contribution in [1.82, 2.24) is 15.1 Å². The average Bonchev–Trinajstić information content (AvgIpc) is 2.96. The highest BCUT2D eigenvalue weighted by Crippen LogP contribution is 2.29. The molecule has 0 spiro atoms. The molecule has 2 rings (SSSR count). The summed E-state index contributed by atoms with van der Waals surface area (Å²) in [6.45, 7) is 0. The Bertz CT molecular complexity index is 331. The predicted molar refractivity (Wildman–Crippen MR) is 74.5 cm³/mol. The van der Waals surface area contributed by atoms with E-state index < -0.39 is 0 Å². The summed E-state index contributed by atoms with van der Waals surface area (Å²) in [4.78, 5) is 0. The third-order valence-corrected chi connectivity index (χ3v) is 5.02. The number of aromatic nitrogens is 2. The summed E-state index contributed by atoms with van der Waals surface area (Å²) in [5.74, 6) is 1.22. The fraction of sp³-hybridized carbons (Fsp3) is 0.769. The summed E-state index contributed by atoms with van der Waals surface area (Å²) in [6, 6.07) is 0.574. The van der Waals surface area contributed by atoms with Crippen LogP contribution in [0.4, 0.5) is 0 Å². The first-order valence-electron chi connectivity index (χ1n) is 6.54. The molecule has 0 amide bonds.